The zero-order chi connectivity index (χ0) is 10.4. The largest absolute Gasteiger partial charge is 0.497 e. The molecule has 0 aromatic heterocycles. The Morgan fingerprint density at radius 2 is 2.14 bits per heavy atom. The molecule has 0 saturated heterocycles. The third-order valence-electron chi connectivity index (χ3n) is 2.05. The molecule has 0 aliphatic rings. The van der Waals surface area contributed by atoms with E-state index in [9.17, 15) is 0 Å². The predicted molar refractivity (Wildman–Crippen MR) is 59.6 cm³/mol. The highest BCUT2D eigenvalue weighted by Crippen LogP contribution is 2.14. The lowest BCUT2D eigenvalue weighted by atomic mass is 10.1. The summed E-state index contributed by atoms with van der Waals surface area (Å²) in [5.74, 6) is 0.920. The zero-order valence-corrected chi connectivity index (χ0v) is 9.16. The summed E-state index contributed by atoms with van der Waals surface area (Å²) >= 11 is 0. The Bertz CT molecular complexity index is 271. The molecule has 1 aromatic rings. The molecular weight excluding hydrogens is 174 g/mol. The van der Waals surface area contributed by atoms with Gasteiger partial charge >= 0.3 is 0 Å². The summed E-state index contributed by atoms with van der Waals surface area (Å²) in [5.41, 5.74) is 1.23. The van der Waals surface area contributed by atoms with Crippen LogP contribution in [0.1, 0.15) is 12.0 Å². The molecule has 0 fully saturated rings. The second kappa shape index (κ2) is 5.66. The first kappa shape index (κ1) is 11.1. The maximum absolute atomic E-state index is 5.15. The average Bonchev–Trinajstić information content (AvgIpc) is 2.18. The van der Waals surface area contributed by atoms with Crippen molar-refractivity contribution in [1.82, 2.24) is 4.90 Å². The standard InChI is InChI=1S/C12H18NO/c1-13(2)9-5-7-11-6-4-8-12(10-11)14-3/h4,6-8,10H,5,9H2,1-3H3. The summed E-state index contributed by atoms with van der Waals surface area (Å²) in [4.78, 5) is 2.18. The normalized spacial score (nSPS) is 10.6. The third kappa shape index (κ3) is 3.79. The Hall–Kier alpha value is -1.02. The first-order valence-corrected chi connectivity index (χ1v) is 4.84. The average molecular weight is 192 g/mol. The van der Waals surface area contributed by atoms with E-state index in [4.69, 9.17) is 4.74 Å². The van der Waals surface area contributed by atoms with E-state index in [0.717, 1.165) is 18.7 Å². The fourth-order valence-electron chi connectivity index (χ4n) is 1.26. The number of benzene rings is 1. The fourth-order valence-corrected chi connectivity index (χ4v) is 1.26. The van der Waals surface area contributed by atoms with Crippen LogP contribution in [-0.4, -0.2) is 32.6 Å². The minimum absolute atomic E-state index is 0.920. The molecule has 0 heterocycles. The van der Waals surface area contributed by atoms with E-state index in [1.54, 1.807) is 7.11 Å². The highest BCUT2D eigenvalue weighted by Gasteiger charge is 1.97. The van der Waals surface area contributed by atoms with Crippen molar-refractivity contribution in [3.63, 3.8) is 0 Å². The van der Waals surface area contributed by atoms with Crippen LogP contribution < -0.4 is 4.74 Å². The second-order valence-electron chi connectivity index (χ2n) is 3.57. The SMILES string of the molecule is COc1cccc([CH]CCN(C)C)c1. The van der Waals surface area contributed by atoms with E-state index in [-0.39, 0.29) is 0 Å². The van der Waals surface area contributed by atoms with Gasteiger partial charge in [-0.2, -0.15) is 0 Å². The molecule has 0 aliphatic heterocycles. The van der Waals surface area contributed by atoms with Gasteiger partial charge in [-0.3, -0.25) is 0 Å². The molecule has 1 aromatic carbocycles. The van der Waals surface area contributed by atoms with E-state index >= 15 is 0 Å². The van der Waals surface area contributed by atoms with Crippen LogP contribution >= 0.6 is 0 Å². The van der Waals surface area contributed by atoms with Crippen molar-refractivity contribution in [2.24, 2.45) is 0 Å². The van der Waals surface area contributed by atoms with Gasteiger partial charge in [0.15, 0.2) is 0 Å². The molecule has 0 spiro atoms. The Morgan fingerprint density at radius 1 is 1.36 bits per heavy atom. The molecule has 2 nitrogen and oxygen atoms in total. The van der Waals surface area contributed by atoms with Gasteiger partial charge in [0.2, 0.25) is 0 Å². The van der Waals surface area contributed by atoms with Crippen molar-refractivity contribution in [2.75, 3.05) is 27.7 Å². The Kier molecular flexibility index (Phi) is 4.47. The Balaban J connectivity index is 2.42. The minimum Gasteiger partial charge on any atom is -0.497 e. The summed E-state index contributed by atoms with van der Waals surface area (Å²) in [6, 6.07) is 8.12. The lowest BCUT2D eigenvalue weighted by Gasteiger charge is -2.09. The van der Waals surface area contributed by atoms with Gasteiger partial charge in [0.05, 0.1) is 7.11 Å². The monoisotopic (exact) mass is 192 g/mol. The number of hydrogen-bond acceptors (Lipinski definition) is 2. The van der Waals surface area contributed by atoms with Crippen LogP contribution in [-0.2, 0) is 0 Å². The van der Waals surface area contributed by atoms with Gasteiger partial charge in [-0.1, -0.05) is 12.1 Å². The minimum atomic E-state index is 0.920. The van der Waals surface area contributed by atoms with Crippen molar-refractivity contribution in [1.29, 1.82) is 0 Å². The van der Waals surface area contributed by atoms with Crippen LogP contribution in [0.25, 0.3) is 0 Å². The predicted octanol–water partition coefficient (Wildman–Crippen LogP) is 2.20. The topological polar surface area (TPSA) is 12.5 Å². The van der Waals surface area contributed by atoms with Crippen molar-refractivity contribution in [2.45, 2.75) is 6.42 Å². The molecule has 2 heteroatoms. The Morgan fingerprint density at radius 3 is 2.79 bits per heavy atom. The van der Waals surface area contributed by atoms with Crippen LogP contribution in [0.15, 0.2) is 24.3 Å². The maximum Gasteiger partial charge on any atom is 0.119 e. The number of ether oxygens (including phenoxy) is 1. The summed E-state index contributed by atoms with van der Waals surface area (Å²) in [5, 5.41) is 0. The van der Waals surface area contributed by atoms with Gasteiger partial charge in [-0.15, -0.1) is 0 Å². The van der Waals surface area contributed by atoms with E-state index in [1.807, 2.05) is 12.1 Å². The highest BCUT2D eigenvalue weighted by molar-refractivity contribution is 5.32. The molecule has 14 heavy (non-hydrogen) atoms. The second-order valence-corrected chi connectivity index (χ2v) is 3.57. The van der Waals surface area contributed by atoms with E-state index in [1.165, 1.54) is 5.56 Å². The molecule has 0 unspecified atom stereocenters. The lowest BCUT2D eigenvalue weighted by molar-refractivity contribution is 0.411. The highest BCUT2D eigenvalue weighted by atomic mass is 16.5. The number of methoxy groups -OCH3 is 1. The van der Waals surface area contributed by atoms with E-state index < -0.39 is 0 Å². The Labute approximate surface area is 86.5 Å². The van der Waals surface area contributed by atoms with Crippen molar-refractivity contribution >= 4 is 0 Å². The van der Waals surface area contributed by atoms with Gasteiger partial charge in [-0.25, -0.2) is 0 Å². The summed E-state index contributed by atoms with van der Waals surface area (Å²) in [7, 11) is 5.86. The molecule has 77 valence electrons. The van der Waals surface area contributed by atoms with Crippen LogP contribution in [0.4, 0.5) is 0 Å². The van der Waals surface area contributed by atoms with Crippen LogP contribution in [0.2, 0.25) is 0 Å². The van der Waals surface area contributed by atoms with Crippen molar-refractivity contribution in [3.05, 3.63) is 36.2 Å². The summed E-state index contributed by atoms with van der Waals surface area (Å²) < 4.78 is 5.15. The summed E-state index contributed by atoms with van der Waals surface area (Å²) in [6.07, 6.45) is 3.29. The van der Waals surface area contributed by atoms with Gasteiger partial charge in [0.25, 0.3) is 0 Å². The summed E-state index contributed by atoms with van der Waals surface area (Å²) in [6.45, 7) is 1.08. The molecular formula is C12H18NO. The van der Waals surface area contributed by atoms with Gasteiger partial charge in [0, 0.05) is 0 Å². The van der Waals surface area contributed by atoms with Crippen LogP contribution in [0, 0.1) is 6.42 Å². The van der Waals surface area contributed by atoms with Crippen molar-refractivity contribution < 1.29 is 4.74 Å². The molecule has 1 rings (SSSR count). The smallest absolute Gasteiger partial charge is 0.119 e. The number of nitrogens with zero attached hydrogens (tertiary/aromatic N) is 1. The molecule has 0 amide bonds. The van der Waals surface area contributed by atoms with Gasteiger partial charge < -0.3 is 9.64 Å². The van der Waals surface area contributed by atoms with Gasteiger partial charge in [-0.05, 0) is 51.2 Å². The molecule has 0 saturated carbocycles. The molecule has 0 N–H and O–H groups in total. The molecule has 0 bridgehead atoms. The third-order valence-corrected chi connectivity index (χ3v) is 2.05. The number of rotatable bonds is 5. The first-order valence-electron chi connectivity index (χ1n) is 4.84. The van der Waals surface area contributed by atoms with Crippen molar-refractivity contribution in [3.8, 4) is 5.75 Å². The first-order chi connectivity index (χ1) is 6.72. The molecule has 1 radical (unpaired) electrons. The van der Waals surface area contributed by atoms with Gasteiger partial charge in [0.1, 0.15) is 5.75 Å². The maximum atomic E-state index is 5.15. The van der Waals surface area contributed by atoms with E-state index in [0.29, 0.717) is 0 Å². The van der Waals surface area contributed by atoms with Crippen LogP contribution in [0.3, 0.4) is 0 Å². The quantitative estimate of drug-likeness (QED) is 0.709. The number of hydrogen-bond donors (Lipinski definition) is 0. The molecule has 0 atom stereocenters. The van der Waals surface area contributed by atoms with Crippen LogP contribution in [0.5, 0.6) is 5.75 Å². The lowest BCUT2D eigenvalue weighted by Crippen LogP contribution is -2.12. The van der Waals surface area contributed by atoms with E-state index in [2.05, 4.69) is 37.5 Å². The molecule has 0 aliphatic carbocycles. The fraction of sp³-hybridized carbons (Fsp3) is 0.417. The zero-order valence-electron chi connectivity index (χ0n) is 9.16.